The van der Waals surface area contributed by atoms with Gasteiger partial charge in [0, 0.05) is 33.1 Å². The molecule has 0 spiro atoms. The lowest BCUT2D eigenvalue weighted by Gasteiger charge is -2.31. The Balaban J connectivity index is 1.15. The summed E-state index contributed by atoms with van der Waals surface area (Å²) in [6, 6.07) is 88.9. The van der Waals surface area contributed by atoms with Crippen molar-refractivity contribution in [1.82, 2.24) is 4.57 Å². The zero-order valence-electron chi connectivity index (χ0n) is 36.5. The summed E-state index contributed by atoms with van der Waals surface area (Å²) in [7, 11) is 0. The fourth-order valence-corrected chi connectivity index (χ4v) is 10.8. The fourth-order valence-electron chi connectivity index (χ4n) is 10.8. The average molecular weight is 831 g/mol. The lowest BCUT2D eigenvalue weighted by molar-refractivity contribution is 0.662. The van der Waals surface area contributed by atoms with Crippen LogP contribution < -0.4 is 4.90 Å². The summed E-state index contributed by atoms with van der Waals surface area (Å²) in [5.74, 6) is 0. The molecule has 10 aromatic carbocycles. The van der Waals surface area contributed by atoms with E-state index in [1.54, 1.807) is 0 Å². The van der Waals surface area contributed by atoms with Gasteiger partial charge in [0.15, 0.2) is 0 Å². The molecule has 2 heteroatoms. The third-order valence-corrected chi connectivity index (χ3v) is 13.6. The van der Waals surface area contributed by atoms with Crippen LogP contribution in [0.2, 0.25) is 0 Å². The zero-order chi connectivity index (χ0) is 43.5. The van der Waals surface area contributed by atoms with E-state index in [9.17, 15) is 0 Å². The lowest BCUT2D eigenvalue weighted by Crippen LogP contribution is -2.16. The number of nitrogens with zero attached hydrogens (tertiary/aromatic N) is 2. The molecule has 0 amide bonds. The van der Waals surface area contributed by atoms with E-state index in [0.29, 0.717) is 0 Å². The van der Waals surface area contributed by atoms with Crippen LogP contribution in [0.25, 0.3) is 83.1 Å². The van der Waals surface area contributed by atoms with Crippen molar-refractivity contribution in [3.05, 3.63) is 254 Å². The van der Waals surface area contributed by atoms with E-state index in [2.05, 4.69) is 266 Å². The van der Waals surface area contributed by atoms with E-state index in [-0.39, 0.29) is 5.41 Å². The molecular weight excluding hydrogens is 785 g/mol. The van der Waals surface area contributed by atoms with E-state index in [1.807, 2.05) is 0 Å². The summed E-state index contributed by atoms with van der Waals surface area (Å²) in [5, 5.41) is 2.40. The molecule has 1 aliphatic carbocycles. The molecule has 0 saturated heterocycles. The van der Waals surface area contributed by atoms with Gasteiger partial charge in [0.25, 0.3) is 0 Å². The highest BCUT2D eigenvalue weighted by Gasteiger charge is 2.37. The maximum absolute atomic E-state index is 2.52. The molecule has 0 atom stereocenters. The van der Waals surface area contributed by atoms with Gasteiger partial charge in [0.05, 0.1) is 22.4 Å². The van der Waals surface area contributed by atoms with Crippen LogP contribution in [-0.4, -0.2) is 4.57 Å². The largest absolute Gasteiger partial charge is 0.309 e. The molecule has 0 fully saturated rings. The highest BCUT2D eigenvalue weighted by atomic mass is 15.2. The third kappa shape index (κ3) is 6.25. The first-order valence-electron chi connectivity index (χ1n) is 22.6. The van der Waals surface area contributed by atoms with Crippen molar-refractivity contribution in [2.75, 3.05) is 4.90 Å². The number of hydrogen-bond acceptors (Lipinski definition) is 1. The predicted octanol–water partition coefficient (Wildman–Crippen LogP) is 17.2. The Hall–Kier alpha value is -8.20. The van der Waals surface area contributed by atoms with Gasteiger partial charge in [-0.1, -0.05) is 208 Å². The smallest absolute Gasteiger partial charge is 0.0562 e. The monoisotopic (exact) mass is 830 g/mol. The molecule has 1 aliphatic rings. The van der Waals surface area contributed by atoms with Crippen molar-refractivity contribution in [2.45, 2.75) is 19.3 Å². The van der Waals surface area contributed by atoms with Crippen molar-refractivity contribution >= 4 is 38.9 Å². The summed E-state index contributed by atoms with van der Waals surface area (Å²) >= 11 is 0. The molecule has 1 heterocycles. The SMILES string of the molecule is CC1(C)c2ccccc2-c2cccc(-c3ccc(N(c4cccc(-c5ccccc5)c4-c4ccccc4-c4ccccc4)c4cccc5c4c4ccccc4n5-c4ccccc4)cc3)c21. The van der Waals surface area contributed by atoms with Crippen molar-refractivity contribution in [1.29, 1.82) is 0 Å². The molecule has 0 bridgehead atoms. The fraction of sp³-hybridized carbons (Fsp3) is 0.0476. The number of para-hydroxylation sites is 2. The minimum Gasteiger partial charge on any atom is -0.309 e. The van der Waals surface area contributed by atoms with Crippen LogP contribution in [0.4, 0.5) is 17.1 Å². The first kappa shape index (κ1) is 38.5. The van der Waals surface area contributed by atoms with E-state index >= 15 is 0 Å². The Labute approximate surface area is 381 Å². The van der Waals surface area contributed by atoms with Crippen LogP contribution in [0.5, 0.6) is 0 Å². The van der Waals surface area contributed by atoms with Gasteiger partial charge in [-0.3, -0.25) is 0 Å². The summed E-state index contributed by atoms with van der Waals surface area (Å²) in [5.41, 5.74) is 21.6. The molecule has 65 heavy (non-hydrogen) atoms. The molecular formula is C63H46N2. The van der Waals surface area contributed by atoms with Gasteiger partial charge in [-0.2, -0.15) is 0 Å². The molecule has 0 unspecified atom stereocenters. The maximum atomic E-state index is 2.52. The van der Waals surface area contributed by atoms with Crippen molar-refractivity contribution in [3.8, 4) is 61.3 Å². The number of fused-ring (bicyclic) bond motifs is 6. The topological polar surface area (TPSA) is 8.17 Å². The molecule has 308 valence electrons. The van der Waals surface area contributed by atoms with Crippen LogP contribution >= 0.6 is 0 Å². The van der Waals surface area contributed by atoms with Crippen LogP contribution in [-0.2, 0) is 5.41 Å². The number of rotatable bonds is 8. The predicted molar refractivity (Wildman–Crippen MR) is 275 cm³/mol. The summed E-state index contributed by atoms with van der Waals surface area (Å²) in [6.45, 7) is 4.75. The van der Waals surface area contributed by atoms with Crippen LogP contribution in [0.1, 0.15) is 25.0 Å². The highest BCUT2D eigenvalue weighted by molar-refractivity contribution is 6.17. The zero-order valence-corrected chi connectivity index (χ0v) is 36.5. The Morgan fingerprint density at radius 1 is 0.354 bits per heavy atom. The molecule has 0 saturated carbocycles. The van der Waals surface area contributed by atoms with Crippen LogP contribution in [0, 0.1) is 0 Å². The van der Waals surface area contributed by atoms with E-state index < -0.39 is 0 Å². The highest BCUT2D eigenvalue weighted by Crippen LogP contribution is 2.54. The van der Waals surface area contributed by atoms with Crippen molar-refractivity contribution in [3.63, 3.8) is 0 Å². The van der Waals surface area contributed by atoms with Crippen molar-refractivity contribution < 1.29 is 0 Å². The second-order valence-electron chi connectivity index (χ2n) is 17.6. The summed E-state index contributed by atoms with van der Waals surface area (Å²) in [6.07, 6.45) is 0. The lowest BCUT2D eigenvalue weighted by atomic mass is 9.79. The molecule has 0 N–H and O–H groups in total. The van der Waals surface area contributed by atoms with E-state index in [0.717, 1.165) is 28.3 Å². The first-order valence-corrected chi connectivity index (χ1v) is 22.6. The van der Waals surface area contributed by atoms with Gasteiger partial charge in [-0.05, 0) is 110 Å². The molecule has 0 radical (unpaired) electrons. The van der Waals surface area contributed by atoms with E-state index in [1.165, 1.54) is 83.1 Å². The minimum absolute atomic E-state index is 0.130. The minimum atomic E-state index is -0.130. The summed E-state index contributed by atoms with van der Waals surface area (Å²) in [4.78, 5) is 2.52. The third-order valence-electron chi connectivity index (χ3n) is 13.6. The first-order chi connectivity index (χ1) is 32.1. The van der Waals surface area contributed by atoms with Gasteiger partial charge in [0.1, 0.15) is 0 Å². The van der Waals surface area contributed by atoms with Gasteiger partial charge in [-0.25, -0.2) is 0 Å². The second kappa shape index (κ2) is 15.6. The quantitative estimate of drug-likeness (QED) is 0.148. The Kier molecular flexibility index (Phi) is 9.21. The Bertz CT molecular complexity index is 3550. The maximum Gasteiger partial charge on any atom is 0.0562 e. The number of aromatic nitrogens is 1. The Morgan fingerprint density at radius 3 is 1.62 bits per heavy atom. The van der Waals surface area contributed by atoms with Gasteiger partial charge in [0.2, 0.25) is 0 Å². The van der Waals surface area contributed by atoms with Crippen LogP contribution in [0.3, 0.4) is 0 Å². The molecule has 11 aromatic rings. The molecule has 1 aromatic heterocycles. The second-order valence-corrected chi connectivity index (χ2v) is 17.6. The normalized spacial score (nSPS) is 12.6. The summed E-state index contributed by atoms with van der Waals surface area (Å²) < 4.78 is 2.41. The standard InChI is InChI=1S/C63H46N2/c1-63(2)55-34-16-14-28-51(55)53-33-18-32-50(62(53)63)45-39-41-47(42-40-45)65(59-38-20-37-58-61(59)54-30-15-17-35-56(54)64(58)46-25-10-5-11-26-46)57-36-19-31-49(44-23-8-4-9-24-44)60(57)52-29-13-12-27-48(52)43-21-6-3-7-22-43/h3-42H,1-2H3. The molecule has 0 aliphatic heterocycles. The molecule has 2 nitrogen and oxygen atoms in total. The number of anilines is 3. The van der Waals surface area contributed by atoms with Crippen molar-refractivity contribution in [2.24, 2.45) is 0 Å². The number of benzene rings is 10. The van der Waals surface area contributed by atoms with Gasteiger partial charge in [-0.15, -0.1) is 0 Å². The van der Waals surface area contributed by atoms with Gasteiger partial charge >= 0.3 is 0 Å². The van der Waals surface area contributed by atoms with Crippen LogP contribution in [0.15, 0.2) is 243 Å². The Morgan fingerprint density at radius 2 is 0.862 bits per heavy atom. The van der Waals surface area contributed by atoms with Gasteiger partial charge < -0.3 is 9.47 Å². The average Bonchev–Trinajstić information content (AvgIpc) is 3.84. The number of hydrogen-bond donors (Lipinski definition) is 0. The molecule has 12 rings (SSSR count). The van der Waals surface area contributed by atoms with E-state index in [4.69, 9.17) is 0 Å².